The predicted octanol–water partition coefficient (Wildman–Crippen LogP) is 3.19. The average molecular weight is 597 g/mol. The van der Waals surface area contributed by atoms with E-state index in [1.54, 1.807) is 0 Å². The smallest absolute Gasteiger partial charge is 0.326 e. The number of halogens is 3. The summed E-state index contributed by atoms with van der Waals surface area (Å²) in [6.45, 7) is 0.522. The minimum Gasteiger partial charge on any atom is -0.480 e. The van der Waals surface area contributed by atoms with Gasteiger partial charge in [0, 0.05) is 17.3 Å². The molecule has 19 heavy (non-hydrogen) atoms. The van der Waals surface area contributed by atoms with Crippen LogP contribution in [0.1, 0.15) is 23.2 Å². The van der Waals surface area contributed by atoms with Crippen molar-refractivity contribution in [3.05, 3.63) is 28.4 Å². The summed E-state index contributed by atoms with van der Waals surface area (Å²) in [6, 6.07) is 3.14. The summed E-state index contributed by atoms with van der Waals surface area (Å²) in [4.78, 5) is 25.2. The Morgan fingerprint density at radius 1 is 1.26 bits per heavy atom. The third-order valence-electron chi connectivity index (χ3n) is 3.02. The standard InChI is InChI=1S/C12H10I3NO3/c13-6-4-7(10(15)8(14)5-6)11(17)16-3-1-2-9(16)12(18)19/h4-5,9H,1-3H2,(H,18,19). The van der Waals surface area contributed by atoms with E-state index in [1.165, 1.54) is 4.90 Å². The molecule has 2 rings (SSSR count). The molecule has 0 bridgehead atoms. The molecular formula is C12H10I3NO3. The van der Waals surface area contributed by atoms with Gasteiger partial charge in [-0.25, -0.2) is 4.79 Å². The number of carboxylic acids is 1. The first kappa shape index (κ1) is 15.7. The average Bonchev–Trinajstić information content (AvgIpc) is 2.82. The summed E-state index contributed by atoms with van der Waals surface area (Å²) in [7, 11) is 0. The van der Waals surface area contributed by atoms with E-state index < -0.39 is 12.0 Å². The zero-order valence-corrected chi connectivity index (χ0v) is 16.2. The number of hydrogen-bond acceptors (Lipinski definition) is 2. The molecule has 1 amide bonds. The highest BCUT2D eigenvalue weighted by molar-refractivity contribution is 14.1. The normalized spacial score (nSPS) is 18.7. The van der Waals surface area contributed by atoms with E-state index in [-0.39, 0.29) is 5.91 Å². The zero-order valence-electron chi connectivity index (χ0n) is 9.70. The Hall–Kier alpha value is 0.350. The summed E-state index contributed by atoms with van der Waals surface area (Å²) < 4.78 is 2.89. The first-order chi connectivity index (χ1) is 8.91. The number of carboxylic acid groups (broad SMARTS) is 1. The van der Waals surface area contributed by atoms with Crippen molar-refractivity contribution in [2.45, 2.75) is 18.9 Å². The van der Waals surface area contributed by atoms with E-state index >= 15 is 0 Å². The number of carbonyl (C=O) groups excluding carboxylic acids is 1. The minimum absolute atomic E-state index is 0.175. The lowest BCUT2D eigenvalue weighted by Crippen LogP contribution is -2.40. The molecule has 0 radical (unpaired) electrons. The van der Waals surface area contributed by atoms with E-state index in [0.717, 1.165) is 17.1 Å². The Kier molecular flexibility index (Phi) is 5.31. The predicted molar refractivity (Wildman–Crippen MR) is 96.3 cm³/mol. The van der Waals surface area contributed by atoms with E-state index in [2.05, 4.69) is 67.8 Å². The van der Waals surface area contributed by atoms with Crippen LogP contribution in [0.3, 0.4) is 0 Å². The summed E-state index contributed by atoms with van der Waals surface area (Å²) >= 11 is 6.50. The largest absolute Gasteiger partial charge is 0.480 e. The van der Waals surface area contributed by atoms with Crippen LogP contribution < -0.4 is 0 Å². The maximum absolute atomic E-state index is 12.5. The number of likely N-dealkylation sites (tertiary alicyclic amines) is 1. The molecule has 102 valence electrons. The van der Waals surface area contributed by atoms with Gasteiger partial charge < -0.3 is 10.0 Å². The molecule has 0 aliphatic carbocycles. The fraction of sp³-hybridized carbons (Fsp3) is 0.333. The summed E-state index contributed by atoms with van der Waals surface area (Å²) in [5.41, 5.74) is 0.602. The number of rotatable bonds is 2. The summed E-state index contributed by atoms with van der Waals surface area (Å²) in [5, 5.41) is 9.16. The number of aliphatic carboxylic acids is 1. The SMILES string of the molecule is O=C(O)C1CCCN1C(=O)c1cc(I)cc(I)c1I. The Morgan fingerprint density at radius 2 is 1.95 bits per heavy atom. The first-order valence-electron chi connectivity index (χ1n) is 5.60. The molecule has 4 nitrogen and oxygen atoms in total. The third kappa shape index (κ3) is 3.34. The van der Waals surface area contributed by atoms with Crippen LogP contribution >= 0.6 is 67.8 Å². The van der Waals surface area contributed by atoms with E-state index in [9.17, 15) is 9.59 Å². The second kappa shape index (κ2) is 6.41. The van der Waals surface area contributed by atoms with Gasteiger partial charge in [0.15, 0.2) is 0 Å². The molecule has 7 heteroatoms. The fourth-order valence-electron chi connectivity index (χ4n) is 2.13. The van der Waals surface area contributed by atoms with Crippen molar-refractivity contribution in [3.8, 4) is 0 Å². The van der Waals surface area contributed by atoms with Crippen molar-refractivity contribution in [2.75, 3.05) is 6.54 Å². The molecule has 1 aromatic rings. The minimum atomic E-state index is -0.916. The van der Waals surface area contributed by atoms with Gasteiger partial charge in [-0.15, -0.1) is 0 Å². The molecule has 1 aromatic carbocycles. The lowest BCUT2D eigenvalue weighted by molar-refractivity contribution is -0.141. The second-order valence-corrected chi connectivity index (χ2v) is 7.73. The molecule has 1 aliphatic rings. The third-order valence-corrected chi connectivity index (χ3v) is 6.69. The van der Waals surface area contributed by atoms with Crippen LogP contribution in [-0.2, 0) is 4.79 Å². The Labute approximate surface area is 151 Å². The van der Waals surface area contributed by atoms with Crippen LogP contribution in [0, 0.1) is 10.7 Å². The van der Waals surface area contributed by atoms with Crippen molar-refractivity contribution in [1.82, 2.24) is 4.90 Å². The molecule has 0 saturated carbocycles. The van der Waals surface area contributed by atoms with Gasteiger partial charge in [-0.1, -0.05) is 0 Å². The topological polar surface area (TPSA) is 57.6 Å². The maximum atomic E-state index is 12.5. The van der Waals surface area contributed by atoms with Crippen molar-refractivity contribution in [1.29, 1.82) is 0 Å². The van der Waals surface area contributed by atoms with Gasteiger partial charge in [0.2, 0.25) is 0 Å². The molecule has 1 unspecified atom stereocenters. The molecule has 0 aromatic heterocycles. The van der Waals surface area contributed by atoms with Crippen LogP contribution in [-0.4, -0.2) is 34.5 Å². The lowest BCUT2D eigenvalue weighted by atomic mass is 10.1. The van der Waals surface area contributed by atoms with Gasteiger partial charge in [0.05, 0.1) is 5.56 Å². The van der Waals surface area contributed by atoms with E-state index in [0.29, 0.717) is 18.5 Å². The van der Waals surface area contributed by atoms with E-state index in [4.69, 9.17) is 5.11 Å². The summed E-state index contributed by atoms with van der Waals surface area (Å²) in [6.07, 6.45) is 1.29. The van der Waals surface area contributed by atoms with Crippen molar-refractivity contribution in [2.24, 2.45) is 0 Å². The number of benzene rings is 1. The fourth-order valence-corrected chi connectivity index (χ4v) is 4.52. The van der Waals surface area contributed by atoms with E-state index in [1.807, 2.05) is 12.1 Å². The van der Waals surface area contributed by atoms with Gasteiger partial charge in [0.25, 0.3) is 5.91 Å². The Bertz CT molecular complexity index is 547. The van der Waals surface area contributed by atoms with Crippen LogP contribution in [0.2, 0.25) is 0 Å². The number of amides is 1. The molecule has 1 aliphatic heterocycles. The Balaban J connectivity index is 2.37. The molecule has 1 heterocycles. The number of carbonyl (C=O) groups is 2. The van der Waals surface area contributed by atoms with Gasteiger partial charge in [-0.05, 0) is 92.7 Å². The van der Waals surface area contributed by atoms with Gasteiger partial charge in [0.1, 0.15) is 6.04 Å². The highest BCUT2D eigenvalue weighted by atomic mass is 127. The molecule has 1 saturated heterocycles. The van der Waals surface area contributed by atoms with Gasteiger partial charge in [-0.2, -0.15) is 0 Å². The monoisotopic (exact) mass is 597 g/mol. The highest BCUT2D eigenvalue weighted by Crippen LogP contribution is 2.27. The molecule has 0 spiro atoms. The molecule has 1 atom stereocenters. The number of nitrogens with zero attached hydrogens (tertiary/aromatic N) is 1. The lowest BCUT2D eigenvalue weighted by Gasteiger charge is -2.22. The summed E-state index contributed by atoms with van der Waals surface area (Å²) in [5.74, 6) is -1.09. The van der Waals surface area contributed by atoms with Crippen molar-refractivity contribution < 1.29 is 14.7 Å². The van der Waals surface area contributed by atoms with Crippen LogP contribution in [0.25, 0.3) is 0 Å². The number of hydrogen-bond donors (Lipinski definition) is 1. The van der Waals surface area contributed by atoms with Crippen LogP contribution in [0.15, 0.2) is 12.1 Å². The molecular weight excluding hydrogens is 587 g/mol. The maximum Gasteiger partial charge on any atom is 0.326 e. The highest BCUT2D eigenvalue weighted by Gasteiger charge is 2.35. The van der Waals surface area contributed by atoms with Crippen molar-refractivity contribution in [3.63, 3.8) is 0 Å². The van der Waals surface area contributed by atoms with Crippen LogP contribution in [0.5, 0.6) is 0 Å². The quantitative estimate of drug-likeness (QED) is 0.422. The molecule has 1 N–H and O–H groups in total. The first-order valence-corrected chi connectivity index (χ1v) is 8.83. The van der Waals surface area contributed by atoms with Gasteiger partial charge in [-0.3, -0.25) is 4.79 Å². The zero-order chi connectivity index (χ0) is 14.2. The van der Waals surface area contributed by atoms with Gasteiger partial charge >= 0.3 is 5.97 Å². The Morgan fingerprint density at radius 3 is 2.58 bits per heavy atom. The van der Waals surface area contributed by atoms with Crippen LogP contribution in [0.4, 0.5) is 0 Å². The molecule has 1 fully saturated rings. The second-order valence-electron chi connectivity index (χ2n) is 4.24. The van der Waals surface area contributed by atoms with Crippen molar-refractivity contribution >= 4 is 79.6 Å².